The highest BCUT2D eigenvalue weighted by atomic mass is 16.5. The molecule has 4 heteroatoms. The predicted octanol–water partition coefficient (Wildman–Crippen LogP) is 1.75. The Hall–Kier alpha value is -1.39. The Morgan fingerprint density at radius 1 is 1.44 bits per heavy atom. The van der Waals surface area contributed by atoms with Gasteiger partial charge in [0.2, 0.25) is 5.91 Å². The molecular weight excluding hydrogens is 228 g/mol. The normalized spacial score (nSPS) is 12.3. The molecule has 0 saturated carbocycles. The predicted molar refractivity (Wildman–Crippen MR) is 72.0 cm³/mol. The van der Waals surface area contributed by atoms with E-state index in [-0.39, 0.29) is 11.9 Å². The highest BCUT2D eigenvalue weighted by molar-refractivity contribution is 5.74. The van der Waals surface area contributed by atoms with Crippen LogP contribution in [-0.4, -0.2) is 19.6 Å². The Morgan fingerprint density at radius 2 is 2.17 bits per heavy atom. The van der Waals surface area contributed by atoms with Gasteiger partial charge in [-0.25, -0.2) is 0 Å². The smallest absolute Gasteiger partial charge is 0.219 e. The summed E-state index contributed by atoms with van der Waals surface area (Å²) in [5.41, 5.74) is 7.50. The van der Waals surface area contributed by atoms with Crippen LogP contribution in [-0.2, 0) is 16.1 Å². The van der Waals surface area contributed by atoms with Crippen LogP contribution in [0.4, 0.5) is 0 Å². The summed E-state index contributed by atoms with van der Waals surface area (Å²) in [6.45, 7) is 3.49. The molecule has 1 aromatic carbocycles. The van der Waals surface area contributed by atoms with E-state index in [0.29, 0.717) is 13.0 Å². The van der Waals surface area contributed by atoms with Gasteiger partial charge in [0.05, 0.1) is 6.61 Å². The van der Waals surface area contributed by atoms with Crippen molar-refractivity contribution in [1.29, 1.82) is 0 Å². The summed E-state index contributed by atoms with van der Waals surface area (Å²) in [7, 11) is 1.67. The minimum atomic E-state index is -0.296. The average Bonchev–Trinajstić information content (AvgIpc) is 2.35. The molecule has 0 bridgehead atoms. The zero-order valence-electron chi connectivity index (χ0n) is 11.1. The molecule has 0 saturated heterocycles. The van der Waals surface area contributed by atoms with Crippen LogP contribution in [0.25, 0.3) is 0 Å². The first-order valence-electron chi connectivity index (χ1n) is 6.27. The number of methoxy groups -OCH3 is 1. The van der Waals surface area contributed by atoms with Gasteiger partial charge < -0.3 is 15.8 Å². The van der Waals surface area contributed by atoms with Gasteiger partial charge >= 0.3 is 0 Å². The minimum Gasteiger partial charge on any atom is -0.380 e. The van der Waals surface area contributed by atoms with Crippen molar-refractivity contribution in [2.45, 2.75) is 32.4 Å². The number of ether oxygens (including phenoxy) is 1. The van der Waals surface area contributed by atoms with Gasteiger partial charge in [0, 0.05) is 19.6 Å². The summed E-state index contributed by atoms with van der Waals surface area (Å²) < 4.78 is 5.18. The van der Waals surface area contributed by atoms with Crippen molar-refractivity contribution >= 4 is 5.91 Å². The van der Waals surface area contributed by atoms with E-state index in [2.05, 4.69) is 12.2 Å². The molecule has 0 aliphatic rings. The number of primary amides is 1. The van der Waals surface area contributed by atoms with E-state index in [4.69, 9.17) is 10.5 Å². The van der Waals surface area contributed by atoms with E-state index in [1.54, 1.807) is 7.11 Å². The topological polar surface area (TPSA) is 64.3 Å². The lowest BCUT2D eigenvalue weighted by Crippen LogP contribution is -2.28. The highest BCUT2D eigenvalue weighted by Gasteiger charge is 2.16. The van der Waals surface area contributed by atoms with Crippen LogP contribution >= 0.6 is 0 Å². The quantitative estimate of drug-likeness (QED) is 0.738. The maximum absolute atomic E-state index is 11.2. The Balaban J connectivity index is 2.91. The monoisotopic (exact) mass is 250 g/mol. The first-order chi connectivity index (χ1) is 8.69. The zero-order chi connectivity index (χ0) is 13.4. The summed E-state index contributed by atoms with van der Waals surface area (Å²) in [5, 5.41) is 3.36. The van der Waals surface area contributed by atoms with Crippen molar-refractivity contribution in [2.24, 2.45) is 5.73 Å². The maximum atomic E-state index is 11.2. The number of carbonyl (C=O) groups excluding carboxylic acids is 1. The summed E-state index contributed by atoms with van der Waals surface area (Å²) in [5.74, 6) is -0.296. The maximum Gasteiger partial charge on any atom is 0.219 e. The number of nitrogens with two attached hydrogens (primary N) is 1. The van der Waals surface area contributed by atoms with Gasteiger partial charge in [0.1, 0.15) is 0 Å². The van der Waals surface area contributed by atoms with Crippen molar-refractivity contribution in [1.82, 2.24) is 5.32 Å². The molecule has 1 rings (SSSR count). The molecule has 1 unspecified atom stereocenters. The van der Waals surface area contributed by atoms with Crippen molar-refractivity contribution < 1.29 is 9.53 Å². The average molecular weight is 250 g/mol. The number of rotatable bonds is 8. The van der Waals surface area contributed by atoms with E-state index >= 15 is 0 Å². The molecule has 18 heavy (non-hydrogen) atoms. The Morgan fingerprint density at radius 3 is 2.78 bits per heavy atom. The summed E-state index contributed by atoms with van der Waals surface area (Å²) >= 11 is 0. The van der Waals surface area contributed by atoms with E-state index in [0.717, 1.165) is 24.1 Å². The number of hydrogen-bond donors (Lipinski definition) is 2. The summed E-state index contributed by atoms with van der Waals surface area (Å²) in [6, 6.07) is 7.94. The number of hydrogen-bond acceptors (Lipinski definition) is 3. The molecule has 4 nitrogen and oxygen atoms in total. The Kier molecular flexibility index (Phi) is 6.39. The highest BCUT2D eigenvalue weighted by Crippen LogP contribution is 2.21. The molecular formula is C14H22N2O2. The third kappa shape index (κ3) is 4.47. The van der Waals surface area contributed by atoms with Gasteiger partial charge in [0.25, 0.3) is 0 Å². The number of nitrogens with one attached hydrogen (secondary N) is 1. The SMILES string of the molecule is CCCNC(CC(N)=O)c1ccccc1COC. The molecule has 0 aliphatic carbocycles. The molecule has 100 valence electrons. The van der Waals surface area contributed by atoms with Gasteiger partial charge in [-0.3, -0.25) is 4.79 Å². The summed E-state index contributed by atoms with van der Waals surface area (Å²) in [6.07, 6.45) is 1.32. The first-order valence-corrected chi connectivity index (χ1v) is 6.27. The largest absolute Gasteiger partial charge is 0.380 e. The number of benzene rings is 1. The van der Waals surface area contributed by atoms with E-state index in [1.807, 2.05) is 24.3 Å². The molecule has 3 N–H and O–H groups in total. The molecule has 0 aromatic heterocycles. The van der Waals surface area contributed by atoms with Crippen LogP contribution in [0.15, 0.2) is 24.3 Å². The third-order valence-electron chi connectivity index (χ3n) is 2.78. The van der Waals surface area contributed by atoms with Crippen molar-refractivity contribution in [3.63, 3.8) is 0 Å². The van der Waals surface area contributed by atoms with Gasteiger partial charge in [-0.05, 0) is 24.1 Å². The second-order valence-electron chi connectivity index (χ2n) is 4.31. The molecule has 0 fully saturated rings. The van der Waals surface area contributed by atoms with Crippen LogP contribution in [0.3, 0.4) is 0 Å². The van der Waals surface area contributed by atoms with Crippen LogP contribution < -0.4 is 11.1 Å². The lowest BCUT2D eigenvalue weighted by atomic mass is 9.98. The minimum absolute atomic E-state index is 0.0335. The summed E-state index contributed by atoms with van der Waals surface area (Å²) in [4.78, 5) is 11.2. The molecule has 1 aromatic rings. The second-order valence-corrected chi connectivity index (χ2v) is 4.31. The van der Waals surface area contributed by atoms with Gasteiger partial charge in [-0.15, -0.1) is 0 Å². The fourth-order valence-corrected chi connectivity index (χ4v) is 1.97. The molecule has 0 heterocycles. The Labute approximate surface area is 109 Å². The van der Waals surface area contributed by atoms with Gasteiger partial charge in [-0.2, -0.15) is 0 Å². The molecule has 1 amide bonds. The van der Waals surface area contributed by atoms with Gasteiger partial charge in [-0.1, -0.05) is 31.2 Å². The van der Waals surface area contributed by atoms with Crippen LogP contribution in [0.5, 0.6) is 0 Å². The second kappa shape index (κ2) is 7.84. The van der Waals surface area contributed by atoms with E-state index in [1.165, 1.54) is 0 Å². The van der Waals surface area contributed by atoms with Crippen LogP contribution in [0, 0.1) is 0 Å². The zero-order valence-corrected chi connectivity index (χ0v) is 11.1. The van der Waals surface area contributed by atoms with E-state index < -0.39 is 0 Å². The first kappa shape index (κ1) is 14.7. The molecule has 0 radical (unpaired) electrons. The van der Waals surface area contributed by atoms with Crippen molar-refractivity contribution in [3.05, 3.63) is 35.4 Å². The van der Waals surface area contributed by atoms with Crippen molar-refractivity contribution in [3.8, 4) is 0 Å². The third-order valence-corrected chi connectivity index (χ3v) is 2.78. The van der Waals surface area contributed by atoms with Crippen LogP contribution in [0.1, 0.15) is 36.9 Å². The van der Waals surface area contributed by atoms with Gasteiger partial charge in [0.15, 0.2) is 0 Å². The number of carbonyl (C=O) groups is 1. The van der Waals surface area contributed by atoms with Crippen molar-refractivity contribution in [2.75, 3.05) is 13.7 Å². The lowest BCUT2D eigenvalue weighted by Gasteiger charge is -2.20. The van der Waals surface area contributed by atoms with E-state index in [9.17, 15) is 4.79 Å². The molecule has 0 spiro atoms. The number of amides is 1. The molecule has 1 atom stereocenters. The standard InChI is InChI=1S/C14H22N2O2/c1-3-8-16-13(9-14(15)17)12-7-5-4-6-11(12)10-18-2/h4-7,13,16H,3,8-10H2,1-2H3,(H2,15,17). The fourth-order valence-electron chi connectivity index (χ4n) is 1.97. The molecule has 0 aliphatic heterocycles. The lowest BCUT2D eigenvalue weighted by molar-refractivity contribution is -0.118. The Bertz CT molecular complexity index is 380. The fraction of sp³-hybridized carbons (Fsp3) is 0.500. The van der Waals surface area contributed by atoms with Crippen LogP contribution in [0.2, 0.25) is 0 Å².